The van der Waals surface area contributed by atoms with E-state index in [2.05, 4.69) is 0 Å². The van der Waals surface area contributed by atoms with Crippen molar-refractivity contribution in [3.8, 4) is 0 Å². The second-order valence-corrected chi connectivity index (χ2v) is 0. The average Bonchev–Trinajstić information content (AvgIpc) is 1.00. The molecule has 0 rings (SSSR count). The molecule has 0 atom stereocenters. The van der Waals surface area contributed by atoms with Crippen molar-refractivity contribution in [3.63, 3.8) is 0 Å². The third kappa shape index (κ3) is 35.7. The third-order valence-corrected chi connectivity index (χ3v) is 0. The van der Waals surface area contributed by atoms with Crippen LogP contribution < -0.4 is 0 Å². The Bertz CT molecular complexity index is 10.8. The quantitative estimate of drug-likeness (QED) is 0.487. The van der Waals surface area contributed by atoms with Crippen molar-refractivity contribution >= 4 is 0 Å². The second-order valence-electron chi connectivity index (χ2n) is 0. The monoisotopic (exact) mass is 297 g/mol. The van der Waals surface area contributed by atoms with E-state index in [1.54, 1.807) is 0 Å². The fraction of sp³-hybridized carbons (Fsp3) is 0. The molecular weight excluding hydrogens is 293 g/mol. The Morgan fingerprint density at radius 1 is 1.00 bits per heavy atom. The molecule has 0 aromatic rings. The van der Waals surface area contributed by atoms with Crippen LogP contribution in [0, 0.1) is 35.6 Å². The van der Waals surface area contributed by atoms with Gasteiger partial charge in [0.15, 0.2) is 0 Å². The van der Waals surface area contributed by atoms with Gasteiger partial charge in [-0.15, -0.1) is 0 Å². The average molecular weight is 297 g/mol. The zero-order chi connectivity index (χ0) is 2.00. The summed E-state index contributed by atoms with van der Waals surface area (Å²) in [5, 5.41) is 0. The third-order valence-electron chi connectivity index (χ3n) is 0. The van der Waals surface area contributed by atoms with Crippen molar-refractivity contribution in [3.05, 3.63) is 0 Å². The number of hydrogen-bond acceptors (Lipinski definition) is 1. The van der Waals surface area contributed by atoms with Crippen molar-refractivity contribution in [2.45, 2.75) is 0 Å². The number of rotatable bonds is 0. The molecule has 0 amide bonds. The Hall–Kier alpha value is 2.12. The van der Waals surface area contributed by atoms with Crippen molar-refractivity contribution in [2.75, 3.05) is 0 Å². The Morgan fingerprint density at radius 2 is 1.00 bits per heavy atom. The van der Waals surface area contributed by atoms with E-state index in [1.807, 2.05) is 0 Å². The molecule has 4 N–H and O–H groups in total. The van der Waals surface area contributed by atoms with Gasteiger partial charge in [-0.3, -0.25) is 0 Å². The normalized spacial score (nSPS) is 0.500. The molecule has 0 fully saturated rings. The molecule has 0 aliphatic carbocycles. The van der Waals surface area contributed by atoms with Gasteiger partial charge in [0.05, 0.1) is 0 Å². The Morgan fingerprint density at radius 3 is 1.00 bits per heavy atom. The van der Waals surface area contributed by atoms with E-state index in [9.17, 15) is 0 Å². The van der Waals surface area contributed by atoms with Gasteiger partial charge in [-0.05, 0) is 0 Å². The predicted octanol–water partition coefficient (Wildman–Crippen LogP) is -1.77. The molecule has 1 radical (unpaired) electrons. The topological polar surface area (TPSA) is 80.1 Å². The van der Waals surface area contributed by atoms with Crippen LogP contribution in [-0.4, -0.2) is 11.0 Å². The molecule has 0 heterocycles. The van der Waals surface area contributed by atoms with E-state index in [-0.39, 0.29) is 63.0 Å². The SMILES string of the molecule is O.O.[La].[Ni].[O]=[Ti]. The first-order chi connectivity index (χ1) is 1.00. The molecule has 0 aromatic heterocycles. The fourth-order valence-electron chi connectivity index (χ4n) is 0. The molecule has 6 heavy (non-hydrogen) atoms. The van der Waals surface area contributed by atoms with Crippen LogP contribution in [0.15, 0.2) is 0 Å². The first-order valence-electron chi connectivity index (χ1n) is 0.204. The van der Waals surface area contributed by atoms with Gasteiger partial charge in [0.1, 0.15) is 0 Å². The first kappa shape index (κ1) is 42.3. The van der Waals surface area contributed by atoms with Crippen LogP contribution in [-0.2, 0) is 40.2 Å². The predicted molar refractivity (Wildman–Crippen MR) is 7.91 cm³/mol. The van der Waals surface area contributed by atoms with Crippen LogP contribution in [0.3, 0.4) is 0 Å². The van der Waals surface area contributed by atoms with Gasteiger partial charge >= 0.3 is 23.7 Å². The summed E-state index contributed by atoms with van der Waals surface area (Å²) >= 11 is 0.750. The maximum atomic E-state index is 8.25. The van der Waals surface area contributed by atoms with E-state index < -0.39 is 0 Å². The summed E-state index contributed by atoms with van der Waals surface area (Å²) in [6.45, 7) is 0. The number of hydrogen-bond donors (Lipinski definition) is 0. The summed E-state index contributed by atoms with van der Waals surface area (Å²) in [7, 11) is 0. The van der Waals surface area contributed by atoms with Gasteiger partial charge < -0.3 is 11.0 Å². The standard InChI is InChI=1S/La.Ni.2H2O.O.Ti/h;;2*1H2;;. The molecule has 0 bridgehead atoms. The molecule has 0 spiro atoms. The molecule has 0 saturated carbocycles. The van der Waals surface area contributed by atoms with Crippen LogP contribution in [0.25, 0.3) is 0 Å². The molecule has 0 saturated heterocycles. The van der Waals surface area contributed by atoms with E-state index in [0.29, 0.717) is 0 Å². The summed E-state index contributed by atoms with van der Waals surface area (Å²) in [5.41, 5.74) is 0. The minimum atomic E-state index is 0. The van der Waals surface area contributed by atoms with E-state index >= 15 is 0 Å². The summed E-state index contributed by atoms with van der Waals surface area (Å²) in [4.78, 5) is 0. The van der Waals surface area contributed by atoms with Crippen molar-refractivity contribution in [1.82, 2.24) is 0 Å². The van der Waals surface area contributed by atoms with Crippen molar-refractivity contribution in [1.29, 1.82) is 0 Å². The van der Waals surface area contributed by atoms with Crippen molar-refractivity contribution in [2.24, 2.45) is 0 Å². The molecule has 39 valence electrons. The summed E-state index contributed by atoms with van der Waals surface area (Å²) in [6.07, 6.45) is 0. The molecule has 6 heteroatoms. The maximum absolute atomic E-state index is 8.25. The first-order valence-corrected chi connectivity index (χ1v) is 0.842. The van der Waals surface area contributed by atoms with Crippen molar-refractivity contribution < 1.29 is 86.8 Å². The zero-order valence-corrected chi connectivity index (χ0v) is 8.98. The molecule has 0 aromatic carbocycles. The van der Waals surface area contributed by atoms with E-state index in [4.69, 9.17) is 3.32 Å². The van der Waals surface area contributed by atoms with E-state index in [1.165, 1.54) is 0 Å². The van der Waals surface area contributed by atoms with Gasteiger partial charge in [0.25, 0.3) is 0 Å². The van der Waals surface area contributed by atoms with Crippen LogP contribution in [0.2, 0.25) is 0 Å². The van der Waals surface area contributed by atoms with Gasteiger partial charge in [-0.25, -0.2) is 0 Å². The Labute approximate surface area is 85.5 Å². The minimum absolute atomic E-state index is 0. The Balaban J connectivity index is -0.000000000833. The fourth-order valence-corrected chi connectivity index (χ4v) is 0. The molecule has 0 aliphatic rings. The summed E-state index contributed by atoms with van der Waals surface area (Å²) in [5.74, 6) is 0. The molecule has 0 unspecified atom stereocenters. The van der Waals surface area contributed by atoms with Gasteiger partial charge in [-0.2, -0.15) is 0 Å². The molecular formula is H4LaNiO3Ti. The molecule has 3 nitrogen and oxygen atoms in total. The summed E-state index contributed by atoms with van der Waals surface area (Å²) < 4.78 is 8.25. The van der Waals surface area contributed by atoms with Gasteiger partial charge in [0, 0.05) is 52.1 Å². The van der Waals surface area contributed by atoms with E-state index in [0.717, 1.165) is 20.4 Å². The van der Waals surface area contributed by atoms with Crippen LogP contribution in [0.1, 0.15) is 0 Å². The van der Waals surface area contributed by atoms with Crippen LogP contribution in [0.4, 0.5) is 0 Å². The second kappa shape index (κ2) is 59.3. The van der Waals surface area contributed by atoms with Crippen LogP contribution >= 0.6 is 0 Å². The zero-order valence-electron chi connectivity index (χ0n) is 2.80. The summed E-state index contributed by atoms with van der Waals surface area (Å²) in [6, 6.07) is 0. The Kier molecular flexibility index (Phi) is 417. The van der Waals surface area contributed by atoms with Crippen LogP contribution in [0.5, 0.6) is 0 Å². The van der Waals surface area contributed by atoms with Gasteiger partial charge in [-0.1, -0.05) is 0 Å². The van der Waals surface area contributed by atoms with Gasteiger partial charge in [0.2, 0.25) is 0 Å². The molecule has 0 aliphatic heterocycles.